The molecule has 0 saturated carbocycles. The van der Waals surface area contributed by atoms with Gasteiger partial charge >= 0.3 is 17.9 Å². The lowest BCUT2D eigenvalue weighted by molar-refractivity contribution is -0.870. The summed E-state index contributed by atoms with van der Waals surface area (Å²) >= 11 is 0. The van der Waals surface area contributed by atoms with Crippen molar-refractivity contribution >= 4 is 17.9 Å². The smallest absolute Gasteiger partial charge is 0.361 e. The number of ether oxygens (including phenoxy) is 4. The van der Waals surface area contributed by atoms with Crippen LogP contribution < -0.4 is 0 Å². The summed E-state index contributed by atoms with van der Waals surface area (Å²) in [6.45, 7) is 4.73. The fourth-order valence-electron chi connectivity index (χ4n) is 7.81. The maximum absolute atomic E-state index is 12.9. The molecule has 0 rings (SSSR count). The van der Waals surface area contributed by atoms with E-state index >= 15 is 0 Å². The summed E-state index contributed by atoms with van der Waals surface area (Å²) in [5.74, 6) is -2.03. The van der Waals surface area contributed by atoms with Gasteiger partial charge in [0.1, 0.15) is 13.2 Å². The topological polar surface area (TPSA) is 108 Å². The third-order valence-corrected chi connectivity index (χ3v) is 12.3. The Kier molecular flexibility index (Phi) is 51.6. The molecular weight excluding hydrogens is 911 g/mol. The van der Waals surface area contributed by atoms with Crippen LogP contribution in [0.4, 0.5) is 0 Å². The van der Waals surface area contributed by atoms with Crippen LogP contribution in [-0.2, 0) is 33.3 Å². The number of carbonyl (C=O) groups excluding carboxylic acids is 2. The average molecular weight is 1020 g/mol. The molecule has 0 heterocycles. The van der Waals surface area contributed by atoms with Crippen LogP contribution in [0.2, 0.25) is 0 Å². The zero-order valence-electron chi connectivity index (χ0n) is 47.5. The van der Waals surface area contributed by atoms with Gasteiger partial charge in [0, 0.05) is 12.8 Å². The lowest BCUT2D eigenvalue weighted by Crippen LogP contribution is -2.40. The Hall–Kier alpha value is -3.79. The SMILES string of the molecule is CC/C=C\C/C=C\C/C=C\C/C=C\C/C=C\CCCCCCCCCCCCCC(=O)OC(COC(=O)CCCCCCCC/C=C\C/C=C\C/C=C\CCCCCCC)COC(OCC[N+](C)(C)C)C(=O)O. The lowest BCUT2D eigenvalue weighted by atomic mass is 10.0. The van der Waals surface area contributed by atoms with Crippen LogP contribution >= 0.6 is 0 Å². The molecule has 0 aliphatic rings. The Bertz CT molecular complexity index is 1520. The van der Waals surface area contributed by atoms with Gasteiger partial charge in [-0.1, -0.05) is 220 Å². The predicted molar refractivity (Wildman–Crippen MR) is 309 cm³/mol. The molecule has 0 amide bonds. The fraction of sp³-hybridized carbons (Fsp3) is 0.703. The fourth-order valence-corrected chi connectivity index (χ4v) is 7.81. The molecule has 0 aromatic heterocycles. The molecule has 0 saturated heterocycles. The molecule has 2 atom stereocenters. The van der Waals surface area contributed by atoms with Gasteiger partial charge in [0.2, 0.25) is 0 Å². The van der Waals surface area contributed by atoms with Crippen LogP contribution in [0.1, 0.15) is 232 Å². The normalized spacial score (nSPS) is 13.5. The van der Waals surface area contributed by atoms with Crippen molar-refractivity contribution in [1.82, 2.24) is 0 Å². The van der Waals surface area contributed by atoms with Crippen molar-refractivity contribution in [3.05, 3.63) is 97.2 Å². The lowest BCUT2D eigenvalue weighted by Gasteiger charge is -2.25. The zero-order chi connectivity index (χ0) is 53.4. The molecule has 9 nitrogen and oxygen atoms in total. The molecule has 2 unspecified atom stereocenters. The average Bonchev–Trinajstić information content (AvgIpc) is 3.36. The van der Waals surface area contributed by atoms with E-state index in [1.165, 1.54) is 96.3 Å². The van der Waals surface area contributed by atoms with Gasteiger partial charge in [-0.25, -0.2) is 4.79 Å². The second kappa shape index (κ2) is 54.5. The van der Waals surface area contributed by atoms with Crippen molar-refractivity contribution in [2.75, 3.05) is 47.5 Å². The van der Waals surface area contributed by atoms with E-state index in [1.54, 1.807) is 0 Å². The molecule has 0 aliphatic heterocycles. The summed E-state index contributed by atoms with van der Waals surface area (Å²) in [7, 11) is 5.96. The maximum atomic E-state index is 12.9. The Morgan fingerprint density at radius 2 is 0.781 bits per heavy atom. The Morgan fingerprint density at radius 1 is 0.425 bits per heavy atom. The first-order valence-corrected chi connectivity index (χ1v) is 29.4. The van der Waals surface area contributed by atoms with E-state index in [-0.39, 0.29) is 38.6 Å². The van der Waals surface area contributed by atoms with Gasteiger partial charge in [-0.2, -0.15) is 0 Å². The number of nitrogens with zero attached hydrogens (tertiary/aromatic N) is 1. The highest BCUT2D eigenvalue weighted by molar-refractivity contribution is 5.71. The number of carbonyl (C=O) groups is 3. The largest absolute Gasteiger partial charge is 0.477 e. The van der Waals surface area contributed by atoms with Gasteiger partial charge in [0.05, 0.1) is 34.4 Å². The first kappa shape index (κ1) is 69.2. The minimum atomic E-state index is -1.52. The second-order valence-corrected chi connectivity index (χ2v) is 20.6. The highest BCUT2D eigenvalue weighted by Gasteiger charge is 2.25. The molecule has 0 fully saturated rings. The second-order valence-electron chi connectivity index (χ2n) is 20.6. The third kappa shape index (κ3) is 55.8. The van der Waals surface area contributed by atoms with Crippen molar-refractivity contribution < 1.29 is 42.9 Å². The van der Waals surface area contributed by atoms with E-state index in [0.29, 0.717) is 17.4 Å². The first-order chi connectivity index (χ1) is 35.6. The molecule has 0 aromatic carbocycles. The molecule has 0 spiro atoms. The number of unbranched alkanes of at least 4 members (excludes halogenated alkanes) is 22. The first-order valence-electron chi connectivity index (χ1n) is 29.4. The van der Waals surface area contributed by atoms with Crippen LogP contribution in [0, 0.1) is 0 Å². The third-order valence-electron chi connectivity index (χ3n) is 12.3. The van der Waals surface area contributed by atoms with Gasteiger partial charge in [-0.05, 0) is 96.3 Å². The van der Waals surface area contributed by atoms with Crippen molar-refractivity contribution in [2.45, 2.75) is 245 Å². The molecule has 0 bridgehead atoms. The minimum absolute atomic E-state index is 0.180. The van der Waals surface area contributed by atoms with Crippen molar-refractivity contribution in [2.24, 2.45) is 0 Å². The number of esters is 2. The molecule has 0 aliphatic carbocycles. The number of likely N-dealkylation sites (N-methyl/N-ethyl adjacent to an activating group) is 1. The van der Waals surface area contributed by atoms with Crippen molar-refractivity contribution in [1.29, 1.82) is 0 Å². The van der Waals surface area contributed by atoms with Crippen LogP contribution in [0.3, 0.4) is 0 Å². The number of carboxylic acids is 1. The highest BCUT2D eigenvalue weighted by Crippen LogP contribution is 2.15. The molecule has 1 N–H and O–H groups in total. The molecule has 0 aromatic rings. The van der Waals surface area contributed by atoms with E-state index in [9.17, 15) is 19.5 Å². The van der Waals surface area contributed by atoms with Gasteiger partial charge in [-0.3, -0.25) is 9.59 Å². The number of hydrogen-bond acceptors (Lipinski definition) is 7. The number of carboxylic acid groups (broad SMARTS) is 1. The van der Waals surface area contributed by atoms with Crippen LogP contribution in [0.25, 0.3) is 0 Å². The summed E-state index contributed by atoms with van der Waals surface area (Å²) in [5.41, 5.74) is 0. The van der Waals surface area contributed by atoms with Gasteiger partial charge in [0.15, 0.2) is 6.10 Å². The van der Waals surface area contributed by atoms with E-state index in [4.69, 9.17) is 18.9 Å². The Balaban J connectivity index is 4.29. The zero-order valence-corrected chi connectivity index (χ0v) is 47.5. The number of quaternary nitrogens is 1. The number of aliphatic carboxylic acids is 1. The highest BCUT2D eigenvalue weighted by atomic mass is 16.7. The van der Waals surface area contributed by atoms with Gasteiger partial charge < -0.3 is 28.5 Å². The van der Waals surface area contributed by atoms with Crippen LogP contribution in [-0.4, -0.2) is 87.4 Å². The molecule has 0 radical (unpaired) electrons. The molecule has 73 heavy (non-hydrogen) atoms. The Morgan fingerprint density at radius 3 is 1.16 bits per heavy atom. The molecular formula is C64H110NO8+. The number of hydrogen-bond donors (Lipinski definition) is 1. The summed E-state index contributed by atoms with van der Waals surface area (Å²) in [6, 6.07) is 0. The quantitative estimate of drug-likeness (QED) is 0.0211. The van der Waals surface area contributed by atoms with Crippen molar-refractivity contribution in [3.8, 4) is 0 Å². The summed E-state index contributed by atoms with van der Waals surface area (Å²) in [5, 5.41) is 9.71. The van der Waals surface area contributed by atoms with E-state index < -0.39 is 24.3 Å². The summed E-state index contributed by atoms with van der Waals surface area (Å²) < 4.78 is 22.9. The van der Waals surface area contributed by atoms with E-state index in [1.807, 2.05) is 21.1 Å². The van der Waals surface area contributed by atoms with Gasteiger partial charge in [-0.15, -0.1) is 0 Å². The Labute approximate surface area is 448 Å². The number of rotatable bonds is 53. The van der Waals surface area contributed by atoms with Crippen molar-refractivity contribution in [3.63, 3.8) is 0 Å². The number of allylic oxidation sites excluding steroid dienone is 16. The monoisotopic (exact) mass is 1020 g/mol. The summed E-state index contributed by atoms with van der Waals surface area (Å²) in [6.07, 6.45) is 70.5. The predicted octanol–water partition coefficient (Wildman–Crippen LogP) is 17.3. The standard InChI is InChI=1S/C64H109NO8/c1-6-8-10-12-14-16-18-20-22-24-26-28-29-30-31-32-33-35-37-39-41-43-45-47-49-51-53-55-62(67)73-60(59-72-64(63(68)69)70-57-56-65(3,4)5)58-71-61(66)54-52-50-48-46-44-42-40-38-36-34-27-25-23-21-19-17-15-13-11-9-7-2/h8,10,14,16,19-22,25-28,30-31,36,38,60,64H,6-7,9,11-13,15,17-18,23-24,29,32-35,37,39-59H2,1-5H3/p+1/b10-8-,16-14-,21-19-,22-20-,27-25-,28-26-,31-30-,38-36-. The van der Waals surface area contributed by atoms with Crippen LogP contribution in [0.15, 0.2) is 97.2 Å². The maximum Gasteiger partial charge on any atom is 0.361 e. The summed E-state index contributed by atoms with van der Waals surface area (Å²) in [4.78, 5) is 37.4. The molecule has 9 heteroatoms. The van der Waals surface area contributed by atoms with E-state index in [2.05, 4.69) is 111 Å². The minimum Gasteiger partial charge on any atom is -0.477 e. The van der Waals surface area contributed by atoms with E-state index in [0.717, 1.165) is 103 Å². The molecule has 418 valence electrons. The van der Waals surface area contributed by atoms with Gasteiger partial charge in [0.25, 0.3) is 6.29 Å². The van der Waals surface area contributed by atoms with Crippen LogP contribution in [0.5, 0.6) is 0 Å².